The number of carbonyl (C=O) groups is 1. The highest BCUT2D eigenvalue weighted by molar-refractivity contribution is 5.79. The van der Waals surface area contributed by atoms with E-state index >= 15 is 0 Å². The third-order valence-electron chi connectivity index (χ3n) is 2.65. The van der Waals surface area contributed by atoms with Crippen LogP contribution in [0, 0.1) is 11.6 Å². The number of amides is 1. The molecule has 0 saturated heterocycles. The monoisotopic (exact) mass is 256 g/mol. The molecule has 3 nitrogen and oxygen atoms in total. The van der Waals surface area contributed by atoms with E-state index < -0.39 is 11.6 Å². The Hall–Kier alpha value is -1.49. The van der Waals surface area contributed by atoms with Crippen LogP contribution in [-0.2, 0) is 11.2 Å². The minimum Gasteiger partial charge on any atom is -0.339 e. The SMILES string of the molecule is CC(C)N(CCN)C(=O)Cc1ccc(F)c(F)c1. The summed E-state index contributed by atoms with van der Waals surface area (Å²) < 4.78 is 25.8. The molecule has 2 N–H and O–H groups in total. The van der Waals surface area contributed by atoms with Gasteiger partial charge in [-0.1, -0.05) is 6.07 Å². The van der Waals surface area contributed by atoms with Crippen LogP contribution in [0.2, 0.25) is 0 Å². The molecule has 0 aliphatic carbocycles. The quantitative estimate of drug-likeness (QED) is 0.871. The molecule has 1 amide bonds. The minimum atomic E-state index is -0.935. The number of hydrogen-bond donors (Lipinski definition) is 1. The van der Waals surface area contributed by atoms with E-state index in [1.54, 1.807) is 4.90 Å². The highest BCUT2D eigenvalue weighted by Crippen LogP contribution is 2.11. The molecule has 0 fully saturated rings. The molecule has 1 aromatic carbocycles. The van der Waals surface area contributed by atoms with Crippen LogP contribution in [-0.4, -0.2) is 29.9 Å². The van der Waals surface area contributed by atoms with Crippen LogP contribution in [0.3, 0.4) is 0 Å². The molecule has 0 saturated carbocycles. The molecule has 0 radical (unpaired) electrons. The second-order valence-corrected chi connectivity index (χ2v) is 4.39. The van der Waals surface area contributed by atoms with Crippen LogP contribution in [0.25, 0.3) is 0 Å². The van der Waals surface area contributed by atoms with Crippen LogP contribution < -0.4 is 5.73 Å². The normalized spacial score (nSPS) is 10.8. The predicted molar refractivity (Wildman–Crippen MR) is 66.0 cm³/mol. The van der Waals surface area contributed by atoms with Gasteiger partial charge in [-0.25, -0.2) is 8.78 Å². The maximum Gasteiger partial charge on any atom is 0.227 e. The topological polar surface area (TPSA) is 46.3 Å². The summed E-state index contributed by atoms with van der Waals surface area (Å²) in [6, 6.07) is 3.53. The number of halogens is 2. The molecule has 0 unspecified atom stereocenters. The summed E-state index contributed by atoms with van der Waals surface area (Å²) in [6.45, 7) is 4.61. The predicted octanol–water partition coefficient (Wildman–Crippen LogP) is 1.70. The average molecular weight is 256 g/mol. The van der Waals surface area contributed by atoms with E-state index in [1.807, 2.05) is 13.8 Å². The zero-order valence-corrected chi connectivity index (χ0v) is 10.6. The van der Waals surface area contributed by atoms with Gasteiger partial charge in [0.25, 0.3) is 0 Å². The number of rotatable bonds is 5. The highest BCUT2D eigenvalue weighted by Gasteiger charge is 2.16. The fraction of sp³-hybridized carbons (Fsp3) is 0.462. The van der Waals surface area contributed by atoms with Gasteiger partial charge in [0.15, 0.2) is 11.6 Å². The van der Waals surface area contributed by atoms with Gasteiger partial charge >= 0.3 is 0 Å². The van der Waals surface area contributed by atoms with Crippen LogP contribution in [0.4, 0.5) is 8.78 Å². The summed E-state index contributed by atoms with van der Waals surface area (Å²) in [7, 11) is 0. The molecule has 0 spiro atoms. The molecule has 0 aromatic heterocycles. The van der Waals surface area contributed by atoms with Crippen molar-refractivity contribution < 1.29 is 13.6 Å². The van der Waals surface area contributed by atoms with Gasteiger partial charge in [-0.05, 0) is 31.5 Å². The van der Waals surface area contributed by atoms with Crippen LogP contribution in [0.5, 0.6) is 0 Å². The van der Waals surface area contributed by atoms with Crippen molar-refractivity contribution in [1.29, 1.82) is 0 Å². The minimum absolute atomic E-state index is 0.0337. The van der Waals surface area contributed by atoms with Gasteiger partial charge in [0.05, 0.1) is 6.42 Å². The van der Waals surface area contributed by atoms with Gasteiger partial charge in [0.2, 0.25) is 5.91 Å². The third-order valence-corrected chi connectivity index (χ3v) is 2.65. The first-order chi connectivity index (χ1) is 8.45. The third kappa shape index (κ3) is 3.77. The van der Waals surface area contributed by atoms with E-state index in [9.17, 15) is 13.6 Å². The van der Waals surface area contributed by atoms with Gasteiger partial charge in [-0.3, -0.25) is 4.79 Å². The second-order valence-electron chi connectivity index (χ2n) is 4.39. The summed E-state index contributed by atoms with van der Waals surface area (Å²) in [5.41, 5.74) is 5.90. The van der Waals surface area contributed by atoms with E-state index in [-0.39, 0.29) is 18.4 Å². The van der Waals surface area contributed by atoms with Crippen molar-refractivity contribution in [2.24, 2.45) is 5.73 Å². The van der Waals surface area contributed by atoms with Gasteiger partial charge < -0.3 is 10.6 Å². The Bertz CT molecular complexity index is 421. The number of carbonyl (C=O) groups excluding carboxylic acids is 1. The molecule has 100 valence electrons. The van der Waals surface area contributed by atoms with Crippen molar-refractivity contribution in [3.8, 4) is 0 Å². The summed E-state index contributed by atoms with van der Waals surface area (Å²) in [5, 5.41) is 0. The first-order valence-electron chi connectivity index (χ1n) is 5.89. The van der Waals surface area contributed by atoms with Gasteiger partial charge in [-0.2, -0.15) is 0 Å². The Kier molecular flexibility index (Phi) is 5.22. The summed E-state index contributed by atoms with van der Waals surface area (Å²) >= 11 is 0. The number of nitrogens with two attached hydrogens (primary N) is 1. The maximum atomic E-state index is 13.0. The Morgan fingerprint density at radius 1 is 1.33 bits per heavy atom. The lowest BCUT2D eigenvalue weighted by atomic mass is 10.1. The van der Waals surface area contributed by atoms with Crippen molar-refractivity contribution in [2.75, 3.05) is 13.1 Å². The van der Waals surface area contributed by atoms with E-state index in [0.717, 1.165) is 12.1 Å². The highest BCUT2D eigenvalue weighted by atomic mass is 19.2. The first-order valence-corrected chi connectivity index (χ1v) is 5.89. The van der Waals surface area contributed by atoms with Crippen LogP contribution in [0.15, 0.2) is 18.2 Å². The zero-order valence-electron chi connectivity index (χ0n) is 10.6. The van der Waals surface area contributed by atoms with Crippen molar-refractivity contribution in [3.05, 3.63) is 35.4 Å². The second kappa shape index (κ2) is 6.44. The van der Waals surface area contributed by atoms with Gasteiger partial charge in [0, 0.05) is 19.1 Å². The van der Waals surface area contributed by atoms with Crippen LogP contribution in [0.1, 0.15) is 19.4 Å². The standard InChI is InChI=1S/C13H18F2N2O/c1-9(2)17(6-5-16)13(18)8-10-3-4-11(14)12(15)7-10/h3-4,7,9H,5-6,8,16H2,1-2H3. The first kappa shape index (κ1) is 14.6. The van der Waals surface area contributed by atoms with Crippen molar-refractivity contribution in [2.45, 2.75) is 26.3 Å². The molecular weight excluding hydrogens is 238 g/mol. The molecule has 0 heterocycles. The summed E-state index contributed by atoms with van der Waals surface area (Å²) in [6.07, 6.45) is 0.0510. The number of nitrogens with zero attached hydrogens (tertiary/aromatic N) is 1. The molecule has 0 aliphatic rings. The fourth-order valence-corrected chi connectivity index (χ4v) is 1.74. The molecule has 0 atom stereocenters. The lowest BCUT2D eigenvalue weighted by Gasteiger charge is -2.26. The Morgan fingerprint density at radius 2 is 2.00 bits per heavy atom. The van der Waals surface area contributed by atoms with Crippen molar-refractivity contribution >= 4 is 5.91 Å². The zero-order chi connectivity index (χ0) is 13.7. The lowest BCUT2D eigenvalue weighted by Crippen LogP contribution is -2.41. The smallest absolute Gasteiger partial charge is 0.227 e. The molecule has 1 rings (SSSR count). The van der Waals surface area contributed by atoms with Crippen molar-refractivity contribution in [1.82, 2.24) is 4.90 Å². The Balaban J connectivity index is 2.76. The molecule has 1 aromatic rings. The van der Waals surface area contributed by atoms with Gasteiger partial charge in [0.1, 0.15) is 0 Å². The van der Waals surface area contributed by atoms with E-state index in [0.29, 0.717) is 18.7 Å². The Morgan fingerprint density at radius 3 is 2.50 bits per heavy atom. The lowest BCUT2D eigenvalue weighted by molar-refractivity contribution is -0.132. The molecular formula is C13H18F2N2O. The molecule has 5 heteroatoms. The van der Waals surface area contributed by atoms with E-state index in [1.165, 1.54) is 6.07 Å². The fourth-order valence-electron chi connectivity index (χ4n) is 1.74. The summed E-state index contributed by atoms with van der Waals surface area (Å²) in [5.74, 6) is -1.98. The Labute approximate surface area is 106 Å². The van der Waals surface area contributed by atoms with E-state index in [4.69, 9.17) is 5.73 Å². The largest absolute Gasteiger partial charge is 0.339 e. The van der Waals surface area contributed by atoms with E-state index in [2.05, 4.69) is 0 Å². The van der Waals surface area contributed by atoms with Gasteiger partial charge in [-0.15, -0.1) is 0 Å². The number of benzene rings is 1. The average Bonchev–Trinajstić information content (AvgIpc) is 2.30. The van der Waals surface area contributed by atoms with Crippen molar-refractivity contribution in [3.63, 3.8) is 0 Å². The summed E-state index contributed by atoms with van der Waals surface area (Å²) in [4.78, 5) is 13.6. The molecule has 18 heavy (non-hydrogen) atoms. The maximum absolute atomic E-state index is 13.0. The number of hydrogen-bond acceptors (Lipinski definition) is 2. The molecule has 0 aliphatic heterocycles. The van der Waals surface area contributed by atoms with Crippen LogP contribution >= 0.6 is 0 Å². The molecule has 0 bridgehead atoms.